The van der Waals surface area contributed by atoms with Gasteiger partial charge in [0.2, 0.25) is 0 Å². The molecular weight excluding hydrogens is 513 g/mol. The number of halogens is 1. The molecule has 0 amide bonds. The first-order chi connectivity index (χ1) is 15.3. The molecular formula is C27H28INOS. The van der Waals surface area contributed by atoms with Gasteiger partial charge in [-0.15, -0.1) is 0 Å². The third kappa shape index (κ3) is 4.92. The summed E-state index contributed by atoms with van der Waals surface area (Å²) in [5, 5.41) is 6.21. The Hall–Kier alpha value is -1.60. The van der Waals surface area contributed by atoms with E-state index in [0.717, 1.165) is 37.8 Å². The smallest absolute Gasteiger partial charge is 0.149 e. The lowest BCUT2D eigenvalue weighted by Gasteiger charge is -2.39. The van der Waals surface area contributed by atoms with Gasteiger partial charge in [-0.2, -0.15) is 0 Å². The Morgan fingerprint density at radius 2 is 2.06 bits per heavy atom. The van der Waals surface area contributed by atoms with E-state index in [1.54, 1.807) is 0 Å². The van der Waals surface area contributed by atoms with Crippen LogP contribution < -0.4 is 5.32 Å². The van der Waals surface area contributed by atoms with Crippen molar-refractivity contribution in [2.45, 2.75) is 37.3 Å². The van der Waals surface area contributed by atoms with E-state index in [2.05, 4.69) is 112 Å². The van der Waals surface area contributed by atoms with Crippen molar-refractivity contribution >= 4 is 41.2 Å². The lowest BCUT2D eigenvalue weighted by atomic mass is 9.77. The topological polar surface area (TPSA) is 21.3 Å². The van der Waals surface area contributed by atoms with Crippen LogP contribution in [0.2, 0.25) is 0 Å². The second-order valence-corrected chi connectivity index (χ2v) is 9.37. The summed E-state index contributed by atoms with van der Waals surface area (Å²) in [4.78, 5) is 0. The van der Waals surface area contributed by atoms with Gasteiger partial charge in [-0.25, -0.2) is 0 Å². The van der Waals surface area contributed by atoms with E-state index in [0.29, 0.717) is 0 Å². The number of hydrogen-bond donors (Lipinski definition) is 1. The Morgan fingerprint density at radius 1 is 1.19 bits per heavy atom. The van der Waals surface area contributed by atoms with E-state index >= 15 is 0 Å². The van der Waals surface area contributed by atoms with Crippen molar-refractivity contribution in [2.24, 2.45) is 0 Å². The van der Waals surface area contributed by atoms with Gasteiger partial charge in [0, 0.05) is 27.2 Å². The maximum absolute atomic E-state index is 6.68. The van der Waals surface area contributed by atoms with Crippen LogP contribution in [0.15, 0.2) is 103 Å². The van der Waals surface area contributed by atoms with Crippen LogP contribution in [-0.2, 0) is 9.78 Å². The Labute approximate surface area is 202 Å². The first kappa shape index (κ1) is 22.6. The summed E-state index contributed by atoms with van der Waals surface area (Å²) in [5.74, 6) is 0. The molecule has 1 aliphatic carbocycles. The van der Waals surface area contributed by atoms with Crippen molar-refractivity contribution in [3.8, 4) is 0 Å². The van der Waals surface area contributed by atoms with E-state index < -0.39 is 5.60 Å². The highest BCUT2D eigenvalue weighted by Crippen LogP contribution is 2.46. The summed E-state index contributed by atoms with van der Waals surface area (Å²) in [6, 6.07) is 15.5. The summed E-state index contributed by atoms with van der Waals surface area (Å²) in [6.07, 6.45) is 19.3. The molecule has 4 heteroatoms. The van der Waals surface area contributed by atoms with Gasteiger partial charge in [0.05, 0.1) is 9.21 Å². The van der Waals surface area contributed by atoms with Crippen molar-refractivity contribution in [1.29, 1.82) is 0 Å². The quantitative estimate of drug-likeness (QED) is 0.220. The van der Waals surface area contributed by atoms with E-state index in [4.69, 9.17) is 4.18 Å². The van der Waals surface area contributed by atoms with Gasteiger partial charge in [0.25, 0.3) is 0 Å². The maximum atomic E-state index is 6.68. The van der Waals surface area contributed by atoms with Crippen LogP contribution in [0.3, 0.4) is 0 Å². The number of rotatable bonds is 7. The molecule has 1 aliphatic heterocycles. The molecule has 31 heavy (non-hydrogen) atoms. The highest BCUT2D eigenvalue weighted by molar-refractivity contribution is 14.2. The second-order valence-electron chi connectivity index (χ2n) is 8.00. The SMILES string of the molecule is C=C/C=C(/C=C1/C=CC=CCC1)C(OSI)(c1ccc2ccccc2c1)C1CCCN1. The van der Waals surface area contributed by atoms with Crippen LogP contribution in [-0.4, -0.2) is 12.6 Å². The van der Waals surface area contributed by atoms with Crippen molar-refractivity contribution < 1.29 is 4.18 Å². The van der Waals surface area contributed by atoms with Crippen molar-refractivity contribution in [1.82, 2.24) is 5.32 Å². The highest BCUT2D eigenvalue weighted by Gasteiger charge is 2.46. The summed E-state index contributed by atoms with van der Waals surface area (Å²) in [5.41, 5.74) is 3.02. The van der Waals surface area contributed by atoms with E-state index in [9.17, 15) is 0 Å². The minimum atomic E-state index is -0.610. The Balaban J connectivity index is 1.91. The van der Waals surface area contributed by atoms with E-state index in [1.165, 1.54) is 31.1 Å². The Bertz CT molecular complexity index is 1050. The van der Waals surface area contributed by atoms with Crippen LogP contribution in [0.4, 0.5) is 0 Å². The molecule has 0 aromatic heterocycles. The van der Waals surface area contributed by atoms with E-state index in [1.807, 2.05) is 6.08 Å². The predicted octanol–water partition coefficient (Wildman–Crippen LogP) is 7.75. The van der Waals surface area contributed by atoms with Crippen LogP contribution in [0.1, 0.15) is 31.2 Å². The predicted molar refractivity (Wildman–Crippen MR) is 143 cm³/mol. The van der Waals surface area contributed by atoms with Gasteiger partial charge >= 0.3 is 0 Å². The molecule has 160 valence electrons. The molecule has 0 spiro atoms. The highest BCUT2D eigenvalue weighted by atomic mass is 127. The number of nitrogens with one attached hydrogen (secondary N) is 1. The number of allylic oxidation sites excluding steroid dienone is 7. The van der Waals surface area contributed by atoms with Gasteiger partial charge in [0.1, 0.15) is 5.60 Å². The molecule has 2 unspecified atom stereocenters. The first-order valence-electron chi connectivity index (χ1n) is 10.8. The molecule has 2 aromatic carbocycles. The van der Waals surface area contributed by atoms with Gasteiger partial charge in [-0.1, -0.05) is 85.5 Å². The minimum Gasteiger partial charge on any atom is -0.311 e. The van der Waals surface area contributed by atoms with Gasteiger partial charge in [0.15, 0.2) is 0 Å². The van der Waals surface area contributed by atoms with Crippen LogP contribution in [0.25, 0.3) is 10.8 Å². The standard InChI is InChI=1S/C27H28INOS/c1-2-10-24(19-21-11-5-3-4-6-12-21)27(30-31-28,26-15-9-18-29-26)25-17-16-22-13-7-8-14-23(22)20-25/h2-5,7-8,10-11,13-14,16-17,19-20,26,29H,1,6,9,12,15,18H2/b21-19-,24-10-. The summed E-state index contributed by atoms with van der Waals surface area (Å²) < 4.78 is 6.68. The average molecular weight is 541 g/mol. The normalized spacial score (nSPS) is 22.5. The van der Waals surface area contributed by atoms with Crippen molar-refractivity contribution in [3.63, 3.8) is 0 Å². The maximum Gasteiger partial charge on any atom is 0.149 e. The fourth-order valence-electron chi connectivity index (χ4n) is 4.64. The summed E-state index contributed by atoms with van der Waals surface area (Å²) >= 11 is 2.25. The van der Waals surface area contributed by atoms with Crippen molar-refractivity contribution in [2.75, 3.05) is 6.54 Å². The summed E-state index contributed by atoms with van der Waals surface area (Å²) in [7, 11) is 1.41. The zero-order chi connectivity index (χ0) is 21.5. The van der Waals surface area contributed by atoms with Crippen LogP contribution >= 0.6 is 30.4 Å². The van der Waals surface area contributed by atoms with Crippen LogP contribution in [0.5, 0.6) is 0 Å². The Morgan fingerprint density at radius 3 is 2.84 bits per heavy atom. The van der Waals surface area contributed by atoms with Gasteiger partial charge in [-0.05, 0) is 65.8 Å². The third-order valence-corrected chi connectivity index (χ3v) is 6.98. The second kappa shape index (κ2) is 10.8. The molecule has 2 aliphatic rings. The zero-order valence-electron chi connectivity index (χ0n) is 17.6. The molecule has 1 fully saturated rings. The molecule has 4 rings (SSSR count). The molecule has 2 nitrogen and oxygen atoms in total. The molecule has 0 saturated carbocycles. The molecule has 2 aromatic rings. The van der Waals surface area contributed by atoms with Gasteiger partial charge < -0.3 is 5.32 Å². The fraction of sp³-hybridized carbons (Fsp3) is 0.259. The molecule has 1 N–H and O–H groups in total. The lowest BCUT2D eigenvalue weighted by Crippen LogP contribution is -2.47. The van der Waals surface area contributed by atoms with Crippen molar-refractivity contribution in [3.05, 3.63) is 108 Å². The van der Waals surface area contributed by atoms with Crippen LogP contribution in [0, 0.1) is 0 Å². The molecule has 0 radical (unpaired) electrons. The number of fused-ring (bicyclic) bond motifs is 1. The van der Waals surface area contributed by atoms with Gasteiger partial charge in [-0.3, -0.25) is 4.18 Å². The molecule has 1 heterocycles. The number of hydrogen-bond acceptors (Lipinski definition) is 3. The zero-order valence-corrected chi connectivity index (χ0v) is 20.6. The third-order valence-electron chi connectivity index (χ3n) is 6.12. The first-order valence-corrected chi connectivity index (χ1v) is 14.1. The van der Waals surface area contributed by atoms with E-state index in [-0.39, 0.29) is 6.04 Å². The number of benzene rings is 2. The summed E-state index contributed by atoms with van der Waals surface area (Å²) in [6.45, 7) is 5.05. The fourth-order valence-corrected chi connectivity index (χ4v) is 5.90. The average Bonchev–Trinajstić information content (AvgIpc) is 3.22. The minimum absolute atomic E-state index is 0.187. The monoisotopic (exact) mass is 541 g/mol. The molecule has 2 atom stereocenters. The lowest BCUT2D eigenvalue weighted by molar-refractivity contribution is 0.101. The molecule has 1 saturated heterocycles. The molecule has 0 bridgehead atoms. The Kier molecular flexibility index (Phi) is 7.88. The largest absolute Gasteiger partial charge is 0.311 e.